The van der Waals surface area contributed by atoms with E-state index in [-0.39, 0.29) is 17.7 Å². The number of hydrogen-bond acceptors (Lipinski definition) is 10. The molecular formula is C28H34N8O2S2. The van der Waals surface area contributed by atoms with Crippen molar-refractivity contribution < 1.29 is 9.59 Å². The molecule has 0 aliphatic carbocycles. The van der Waals surface area contributed by atoms with Gasteiger partial charge in [-0.2, -0.15) is 0 Å². The van der Waals surface area contributed by atoms with Crippen molar-refractivity contribution in [2.75, 3.05) is 10.6 Å². The average molecular weight is 579 g/mol. The van der Waals surface area contributed by atoms with E-state index < -0.39 is 18.0 Å². The van der Waals surface area contributed by atoms with Crippen LogP contribution in [0, 0.1) is 5.92 Å². The lowest BCUT2D eigenvalue weighted by atomic mass is 9.93. The fourth-order valence-electron chi connectivity index (χ4n) is 4.09. The maximum atomic E-state index is 12.7. The first-order valence-electron chi connectivity index (χ1n) is 13.2. The number of nitrogens with one attached hydrogen (secondary N) is 2. The summed E-state index contributed by atoms with van der Waals surface area (Å²) in [5, 5.41) is 24.8. The minimum atomic E-state index is -0.694. The minimum absolute atomic E-state index is 0.127. The van der Waals surface area contributed by atoms with Crippen molar-refractivity contribution in [3.8, 4) is 0 Å². The smallest absolute Gasteiger partial charge is 0.243 e. The van der Waals surface area contributed by atoms with E-state index in [1.165, 1.54) is 22.7 Å². The number of anilines is 2. The molecule has 0 bridgehead atoms. The van der Waals surface area contributed by atoms with Gasteiger partial charge in [0.25, 0.3) is 0 Å². The maximum Gasteiger partial charge on any atom is 0.243 e. The Balaban J connectivity index is 1.18. The lowest BCUT2D eigenvalue weighted by Crippen LogP contribution is -2.39. The molecule has 0 spiro atoms. The van der Waals surface area contributed by atoms with Crippen LogP contribution < -0.4 is 22.1 Å². The Morgan fingerprint density at radius 1 is 0.725 bits per heavy atom. The molecule has 0 aliphatic heterocycles. The molecule has 4 aromatic rings. The van der Waals surface area contributed by atoms with Gasteiger partial charge in [-0.05, 0) is 24.0 Å². The molecule has 4 atom stereocenters. The van der Waals surface area contributed by atoms with Gasteiger partial charge in [0.2, 0.25) is 22.1 Å². The Morgan fingerprint density at radius 2 is 1.20 bits per heavy atom. The summed E-state index contributed by atoms with van der Waals surface area (Å²) < 4.78 is 0. The summed E-state index contributed by atoms with van der Waals surface area (Å²) in [6.07, 6.45) is 3.22. The molecule has 0 aliphatic rings. The third-order valence-electron chi connectivity index (χ3n) is 6.73. The van der Waals surface area contributed by atoms with Gasteiger partial charge in [0.1, 0.15) is 10.0 Å². The highest BCUT2D eigenvalue weighted by atomic mass is 32.1. The minimum Gasteiger partial charge on any atom is -0.323 e. The van der Waals surface area contributed by atoms with Crippen LogP contribution in [0.15, 0.2) is 60.7 Å². The number of aryl methyl sites for hydroxylation is 2. The zero-order valence-corrected chi connectivity index (χ0v) is 24.1. The first-order valence-corrected chi connectivity index (χ1v) is 14.8. The molecule has 10 nitrogen and oxygen atoms in total. The summed E-state index contributed by atoms with van der Waals surface area (Å²) in [6.45, 7) is 3.74. The largest absolute Gasteiger partial charge is 0.323 e. The fraction of sp³-hybridized carbons (Fsp3) is 0.357. The monoisotopic (exact) mass is 578 g/mol. The molecule has 2 heterocycles. The standard InChI is InChI=1S/C28H34N8O2S2/c1-17(19-11-5-3-6-12-19)24(30)26(38)32-28-36-34-22(40-28)16-10-9-15-21-33-35-27(39-21)31-25(37)18(2)23(29)20-13-7-4-8-14-20/h3-8,11-14,17-18,23-24H,9-10,15-16,29-30H2,1-2H3,(H,31,35,37)(H,32,36,38). The predicted molar refractivity (Wildman–Crippen MR) is 159 cm³/mol. The molecule has 2 amide bonds. The van der Waals surface area contributed by atoms with Gasteiger partial charge in [-0.15, -0.1) is 20.4 Å². The van der Waals surface area contributed by atoms with E-state index >= 15 is 0 Å². The second-order valence-corrected chi connectivity index (χ2v) is 11.8. The Morgan fingerprint density at radius 3 is 1.73 bits per heavy atom. The molecule has 0 saturated heterocycles. The van der Waals surface area contributed by atoms with Crippen LogP contribution in [-0.4, -0.2) is 38.3 Å². The topological polar surface area (TPSA) is 162 Å². The Bertz CT molecular complexity index is 1270. The molecule has 12 heteroatoms. The summed E-state index contributed by atoms with van der Waals surface area (Å²) in [5.41, 5.74) is 14.4. The molecule has 4 unspecified atom stereocenters. The van der Waals surface area contributed by atoms with Gasteiger partial charge < -0.3 is 16.8 Å². The van der Waals surface area contributed by atoms with Crippen molar-refractivity contribution in [3.05, 3.63) is 81.8 Å². The number of carbonyl (C=O) groups is 2. The number of rotatable bonds is 13. The van der Waals surface area contributed by atoms with Gasteiger partial charge in [-0.3, -0.25) is 14.9 Å². The van der Waals surface area contributed by atoms with Crippen molar-refractivity contribution in [2.24, 2.45) is 17.4 Å². The van der Waals surface area contributed by atoms with Gasteiger partial charge in [0.05, 0.1) is 12.0 Å². The van der Waals surface area contributed by atoms with Crippen LogP contribution in [0.4, 0.5) is 10.3 Å². The van der Waals surface area contributed by atoms with E-state index in [1.54, 1.807) is 6.92 Å². The number of carbonyl (C=O) groups excluding carboxylic acids is 2. The SMILES string of the molecule is CC(C(=O)Nc1nnc(CCCCc2nnc(NC(=O)C(N)C(C)c3ccccc3)s2)s1)C(N)c1ccccc1. The van der Waals surface area contributed by atoms with E-state index in [1.807, 2.05) is 67.6 Å². The van der Waals surface area contributed by atoms with Crippen LogP contribution in [0.1, 0.15) is 59.8 Å². The number of nitrogens with two attached hydrogens (primary N) is 2. The molecule has 0 fully saturated rings. The molecule has 40 heavy (non-hydrogen) atoms. The van der Waals surface area contributed by atoms with Crippen molar-refractivity contribution in [3.63, 3.8) is 0 Å². The molecule has 2 aromatic heterocycles. The van der Waals surface area contributed by atoms with E-state index in [0.29, 0.717) is 10.3 Å². The number of nitrogens with zero attached hydrogens (tertiary/aromatic N) is 4. The molecule has 6 N–H and O–H groups in total. The highest BCUT2D eigenvalue weighted by Crippen LogP contribution is 2.24. The Labute approximate surface area is 241 Å². The zero-order valence-electron chi connectivity index (χ0n) is 22.5. The van der Waals surface area contributed by atoms with Crippen LogP contribution in [-0.2, 0) is 22.4 Å². The summed E-state index contributed by atoms with van der Waals surface area (Å²) in [5.74, 6) is -1.01. The molecule has 0 radical (unpaired) electrons. The highest BCUT2D eigenvalue weighted by Gasteiger charge is 2.24. The van der Waals surface area contributed by atoms with E-state index in [2.05, 4.69) is 31.0 Å². The first kappa shape index (κ1) is 29.4. The molecule has 210 valence electrons. The van der Waals surface area contributed by atoms with Crippen LogP contribution >= 0.6 is 22.7 Å². The van der Waals surface area contributed by atoms with Crippen molar-refractivity contribution >= 4 is 44.8 Å². The lowest BCUT2D eigenvalue weighted by molar-refractivity contribution is -0.120. The maximum absolute atomic E-state index is 12.7. The Kier molecular flexibility index (Phi) is 10.4. The molecular weight excluding hydrogens is 544 g/mol. The average Bonchev–Trinajstić information content (AvgIpc) is 3.63. The van der Waals surface area contributed by atoms with Gasteiger partial charge in [0, 0.05) is 24.8 Å². The third-order valence-corrected chi connectivity index (χ3v) is 8.53. The highest BCUT2D eigenvalue weighted by molar-refractivity contribution is 7.15. The fourth-order valence-corrected chi connectivity index (χ4v) is 5.66. The normalized spacial score (nSPS) is 14.2. The van der Waals surface area contributed by atoms with E-state index in [4.69, 9.17) is 11.5 Å². The number of unbranched alkanes of at least 4 members (excludes halogenated alkanes) is 1. The summed E-state index contributed by atoms with van der Waals surface area (Å²) in [7, 11) is 0. The summed E-state index contributed by atoms with van der Waals surface area (Å²) in [6, 6.07) is 18.2. The number of benzene rings is 2. The van der Waals surface area contributed by atoms with Gasteiger partial charge >= 0.3 is 0 Å². The number of hydrogen-bond donors (Lipinski definition) is 4. The van der Waals surface area contributed by atoms with Crippen molar-refractivity contribution in [1.82, 2.24) is 20.4 Å². The van der Waals surface area contributed by atoms with Crippen LogP contribution in [0.2, 0.25) is 0 Å². The van der Waals surface area contributed by atoms with Crippen molar-refractivity contribution in [1.29, 1.82) is 0 Å². The van der Waals surface area contributed by atoms with Crippen LogP contribution in [0.25, 0.3) is 0 Å². The summed E-state index contributed by atoms with van der Waals surface area (Å²) >= 11 is 2.72. The summed E-state index contributed by atoms with van der Waals surface area (Å²) in [4.78, 5) is 25.3. The van der Waals surface area contributed by atoms with Gasteiger partial charge in [-0.1, -0.05) is 97.2 Å². The second kappa shape index (κ2) is 14.2. The molecule has 0 saturated carbocycles. The Hall–Kier alpha value is -3.58. The molecule has 2 aromatic carbocycles. The van der Waals surface area contributed by atoms with Crippen LogP contribution in [0.3, 0.4) is 0 Å². The predicted octanol–water partition coefficient (Wildman–Crippen LogP) is 4.30. The third kappa shape index (κ3) is 7.98. The van der Waals surface area contributed by atoms with E-state index in [0.717, 1.165) is 46.8 Å². The second-order valence-electron chi connectivity index (χ2n) is 9.64. The quantitative estimate of drug-likeness (QED) is 0.171. The first-order chi connectivity index (χ1) is 19.3. The zero-order chi connectivity index (χ0) is 28.5. The lowest BCUT2D eigenvalue weighted by Gasteiger charge is -2.18. The van der Waals surface area contributed by atoms with Gasteiger partial charge in [0.15, 0.2) is 0 Å². The van der Waals surface area contributed by atoms with Crippen LogP contribution in [0.5, 0.6) is 0 Å². The molecule has 4 rings (SSSR count). The number of amides is 2. The van der Waals surface area contributed by atoms with E-state index in [9.17, 15) is 9.59 Å². The van der Waals surface area contributed by atoms with Crippen molar-refractivity contribution in [2.45, 2.75) is 57.5 Å². The van der Waals surface area contributed by atoms with Gasteiger partial charge in [-0.25, -0.2) is 0 Å². The number of aromatic nitrogens is 4.